The average Bonchev–Trinajstić information content (AvgIpc) is 3.27. The summed E-state index contributed by atoms with van der Waals surface area (Å²) in [7, 11) is 1.66. The number of nitrogens with one attached hydrogen (secondary N) is 2. The minimum atomic E-state index is -0.0690. The van der Waals surface area contributed by atoms with Gasteiger partial charge in [0.15, 0.2) is 0 Å². The van der Waals surface area contributed by atoms with Crippen LogP contribution in [-0.2, 0) is 4.79 Å². The van der Waals surface area contributed by atoms with Crippen molar-refractivity contribution in [1.82, 2.24) is 10.6 Å². The fourth-order valence-electron chi connectivity index (χ4n) is 4.18. The van der Waals surface area contributed by atoms with Crippen molar-refractivity contribution < 1.29 is 9.53 Å². The SMILES string of the molecule is COc1ccc(Cl)cc1C(CC(C)C)NC(=O)C1CC12CCNCC2. The Labute approximate surface area is 155 Å². The molecule has 1 aromatic carbocycles. The number of amides is 1. The molecule has 1 aliphatic heterocycles. The van der Waals surface area contributed by atoms with Crippen LogP contribution in [0.5, 0.6) is 5.75 Å². The molecular formula is C20H29ClN2O2. The van der Waals surface area contributed by atoms with Gasteiger partial charge in [0.1, 0.15) is 5.75 Å². The molecule has 0 bridgehead atoms. The highest BCUT2D eigenvalue weighted by Crippen LogP contribution is 2.58. The van der Waals surface area contributed by atoms with Crippen LogP contribution in [0.2, 0.25) is 5.02 Å². The van der Waals surface area contributed by atoms with E-state index in [1.807, 2.05) is 18.2 Å². The summed E-state index contributed by atoms with van der Waals surface area (Å²) >= 11 is 6.21. The van der Waals surface area contributed by atoms with Crippen LogP contribution < -0.4 is 15.4 Å². The van der Waals surface area contributed by atoms with Crippen molar-refractivity contribution in [3.8, 4) is 5.75 Å². The zero-order valence-corrected chi connectivity index (χ0v) is 16.2. The van der Waals surface area contributed by atoms with E-state index >= 15 is 0 Å². The van der Waals surface area contributed by atoms with Crippen molar-refractivity contribution in [3.63, 3.8) is 0 Å². The molecule has 1 aliphatic carbocycles. The summed E-state index contributed by atoms with van der Waals surface area (Å²) in [6, 6.07) is 5.55. The van der Waals surface area contributed by atoms with E-state index in [0.717, 1.165) is 50.1 Å². The van der Waals surface area contributed by atoms with E-state index in [9.17, 15) is 4.79 Å². The summed E-state index contributed by atoms with van der Waals surface area (Å²) in [6.45, 7) is 6.39. The maximum atomic E-state index is 12.9. The Balaban J connectivity index is 1.76. The van der Waals surface area contributed by atoms with Crippen molar-refractivity contribution in [2.24, 2.45) is 17.3 Å². The second kappa shape index (κ2) is 7.55. The zero-order valence-electron chi connectivity index (χ0n) is 15.4. The van der Waals surface area contributed by atoms with E-state index in [-0.39, 0.29) is 23.3 Å². The molecular weight excluding hydrogens is 336 g/mol. The Morgan fingerprint density at radius 1 is 1.40 bits per heavy atom. The molecule has 1 amide bonds. The van der Waals surface area contributed by atoms with Gasteiger partial charge >= 0.3 is 0 Å². The lowest BCUT2D eigenvalue weighted by atomic mass is 9.91. The monoisotopic (exact) mass is 364 g/mol. The number of ether oxygens (including phenoxy) is 1. The molecule has 138 valence electrons. The summed E-state index contributed by atoms with van der Waals surface area (Å²) in [6.07, 6.45) is 4.12. The largest absolute Gasteiger partial charge is 0.496 e. The van der Waals surface area contributed by atoms with Crippen LogP contribution in [-0.4, -0.2) is 26.1 Å². The predicted octanol–water partition coefficient (Wildman–Crippen LogP) is 3.94. The Kier molecular flexibility index (Phi) is 5.59. The molecule has 5 heteroatoms. The molecule has 1 heterocycles. The lowest BCUT2D eigenvalue weighted by Gasteiger charge is -2.26. The third kappa shape index (κ3) is 4.12. The van der Waals surface area contributed by atoms with E-state index < -0.39 is 0 Å². The number of carbonyl (C=O) groups is 1. The van der Waals surface area contributed by atoms with E-state index in [1.165, 1.54) is 0 Å². The molecule has 25 heavy (non-hydrogen) atoms. The highest BCUT2D eigenvalue weighted by molar-refractivity contribution is 6.30. The molecule has 0 aromatic heterocycles. The number of hydrogen-bond acceptors (Lipinski definition) is 3. The molecule has 1 saturated heterocycles. The third-order valence-electron chi connectivity index (χ3n) is 5.70. The number of methoxy groups -OCH3 is 1. The van der Waals surface area contributed by atoms with E-state index in [0.29, 0.717) is 10.9 Å². The van der Waals surface area contributed by atoms with Gasteiger partial charge in [0.25, 0.3) is 0 Å². The normalized spacial score (nSPS) is 22.7. The van der Waals surface area contributed by atoms with E-state index in [4.69, 9.17) is 16.3 Å². The Morgan fingerprint density at radius 2 is 2.12 bits per heavy atom. The molecule has 1 aromatic rings. The van der Waals surface area contributed by atoms with Gasteiger partial charge < -0.3 is 15.4 Å². The van der Waals surface area contributed by atoms with Crippen molar-refractivity contribution in [3.05, 3.63) is 28.8 Å². The molecule has 1 saturated carbocycles. The number of piperidine rings is 1. The van der Waals surface area contributed by atoms with Crippen LogP contribution in [0.1, 0.15) is 51.1 Å². The molecule has 2 N–H and O–H groups in total. The van der Waals surface area contributed by atoms with Crippen LogP contribution in [0.15, 0.2) is 18.2 Å². The van der Waals surface area contributed by atoms with E-state index in [2.05, 4.69) is 24.5 Å². The minimum absolute atomic E-state index is 0.0690. The van der Waals surface area contributed by atoms with Crippen molar-refractivity contribution in [1.29, 1.82) is 0 Å². The zero-order chi connectivity index (χ0) is 18.0. The second-order valence-corrected chi connectivity index (χ2v) is 8.38. The van der Waals surface area contributed by atoms with Gasteiger partial charge in [-0.25, -0.2) is 0 Å². The van der Waals surface area contributed by atoms with Crippen molar-refractivity contribution >= 4 is 17.5 Å². The quantitative estimate of drug-likeness (QED) is 0.803. The predicted molar refractivity (Wildman–Crippen MR) is 101 cm³/mol. The van der Waals surface area contributed by atoms with Gasteiger partial charge in [0, 0.05) is 16.5 Å². The molecule has 3 rings (SSSR count). The summed E-state index contributed by atoms with van der Waals surface area (Å²) < 4.78 is 5.51. The van der Waals surface area contributed by atoms with Gasteiger partial charge in [0.05, 0.1) is 13.2 Å². The maximum absolute atomic E-state index is 12.9. The highest BCUT2D eigenvalue weighted by atomic mass is 35.5. The third-order valence-corrected chi connectivity index (χ3v) is 5.93. The van der Waals surface area contributed by atoms with Gasteiger partial charge in [-0.05, 0) is 68.3 Å². The van der Waals surface area contributed by atoms with Gasteiger partial charge in [-0.1, -0.05) is 25.4 Å². The molecule has 2 fully saturated rings. The summed E-state index contributed by atoms with van der Waals surface area (Å²) in [5.74, 6) is 1.59. The molecule has 2 atom stereocenters. The van der Waals surface area contributed by atoms with Gasteiger partial charge in [0.2, 0.25) is 5.91 Å². The number of benzene rings is 1. The number of carbonyl (C=O) groups excluding carboxylic acids is 1. The Bertz CT molecular complexity index is 626. The molecule has 4 nitrogen and oxygen atoms in total. The highest BCUT2D eigenvalue weighted by Gasteiger charge is 2.57. The smallest absolute Gasteiger partial charge is 0.224 e. The van der Waals surface area contributed by atoms with Crippen LogP contribution in [0.3, 0.4) is 0 Å². The molecule has 2 aliphatic rings. The van der Waals surface area contributed by atoms with Crippen LogP contribution in [0.4, 0.5) is 0 Å². The fourth-order valence-corrected chi connectivity index (χ4v) is 4.36. The number of halogens is 1. The van der Waals surface area contributed by atoms with E-state index in [1.54, 1.807) is 7.11 Å². The maximum Gasteiger partial charge on any atom is 0.224 e. The first-order chi connectivity index (χ1) is 11.9. The first-order valence-electron chi connectivity index (χ1n) is 9.30. The van der Waals surface area contributed by atoms with Gasteiger partial charge in [-0.2, -0.15) is 0 Å². The van der Waals surface area contributed by atoms with Crippen LogP contribution >= 0.6 is 11.6 Å². The summed E-state index contributed by atoms with van der Waals surface area (Å²) in [4.78, 5) is 12.9. The first kappa shape index (κ1) is 18.5. The number of hydrogen-bond donors (Lipinski definition) is 2. The van der Waals surface area contributed by atoms with Crippen LogP contribution in [0, 0.1) is 17.3 Å². The van der Waals surface area contributed by atoms with Gasteiger partial charge in [-0.15, -0.1) is 0 Å². The average molecular weight is 365 g/mol. The first-order valence-corrected chi connectivity index (χ1v) is 9.67. The lowest BCUT2D eigenvalue weighted by Crippen LogP contribution is -2.35. The van der Waals surface area contributed by atoms with Crippen molar-refractivity contribution in [2.45, 2.75) is 45.6 Å². The second-order valence-electron chi connectivity index (χ2n) is 7.95. The Morgan fingerprint density at radius 3 is 2.76 bits per heavy atom. The number of rotatable bonds is 6. The molecule has 2 unspecified atom stereocenters. The Hall–Kier alpha value is -1.26. The standard InChI is InChI=1S/C20H29ClN2O2/c1-13(2)10-17(15-11-14(21)4-5-18(15)25-3)23-19(24)16-12-20(16)6-8-22-9-7-20/h4-5,11,13,16-17,22H,6-10,12H2,1-3H3,(H,23,24). The summed E-state index contributed by atoms with van der Waals surface area (Å²) in [5.41, 5.74) is 1.22. The van der Waals surface area contributed by atoms with Crippen molar-refractivity contribution in [2.75, 3.05) is 20.2 Å². The molecule has 1 spiro atoms. The topological polar surface area (TPSA) is 50.4 Å². The lowest BCUT2D eigenvalue weighted by molar-refractivity contribution is -0.124. The fraction of sp³-hybridized carbons (Fsp3) is 0.650. The minimum Gasteiger partial charge on any atom is -0.496 e. The molecule has 0 radical (unpaired) electrons. The summed E-state index contributed by atoms with van der Waals surface area (Å²) in [5, 5.41) is 7.36. The van der Waals surface area contributed by atoms with Gasteiger partial charge in [-0.3, -0.25) is 4.79 Å². The van der Waals surface area contributed by atoms with Crippen LogP contribution in [0.25, 0.3) is 0 Å².